The molecule has 0 unspecified atom stereocenters. The first kappa shape index (κ1) is 24.9. The van der Waals surface area contributed by atoms with Gasteiger partial charge in [-0.3, -0.25) is 0 Å². The number of aromatic nitrogens is 4. The Bertz CT molecular complexity index is 1590. The van der Waals surface area contributed by atoms with Crippen molar-refractivity contribution in [3.05, 3.63) is 35.0 Å². The first-order valence-electron chi connectivity index (χ1n) is 12.0. The zero-order chi connectivity index (χ0) is 26.4. The molecule has 0 amide bonds. The van der Waals surface area contributed by atoms with E-state index in [1.54, 1.807) is 38.8 Å². The Kier molecular flexibility index (Phi) is 6.38. The second-order valence-electron chi connectivity index (χ2n) is 9.28. The summed E-state index contributed by atoms with van der Waals surface area (Å²) in [5.41, 5.74) is 0.923. The van der Waals surface area contributed by atoms with E-state index in [-0.39, 0.29) is 6.61 Å². The van der Waals surface area contributed by atoms with Crippen LogP contribution in [-0.4, -0.2) is 65.2 Å². The molecule has 0 bridgehead atoms. The number of thiazole rings is 1. The van der Waals surface area contributed by atoms with Crippen LogP contribution in [0.15, 0.2) is 28.8 Å². The van der Waals surface area contributed by atoms with Crippen LogP contribution in [0.1, 0.15) is 24.4 Å². The lowest BCUT2D eigenvalue weighted by Crippen LogP contribution is -2.36. The highest BCUT2D eigenvalue weighted by Gasteiger charge is 2.28. The Morgan fingerprint density at radius 1 is 1.11 bits per heavy atom. The number of furan rings is 1. The number of anilines is 1. The van der Waals surface area contributed by atoms with Crippen molar-refractivity contribution in [2.75, 3.05) is 45.4 Å². The van der Waals surface area contributed by atoms with Crippen molar-refractivity contribution in [1.82, 2.24) is 19.6 Å². The van der Waals surface area contributed by atoms with E-state index in [0.717, 1.165) is 28.5 Å². The molecule has 11 nitrogen and oxygen atoms in total. The number of hydrogen-bond acceptors (Lipinski definition) is 12. The van der Waals surface area contributed by atoms with Gasteiger partial charge in [0, 0.05) is 25.2 Å². The smallest absolute Gasteiger partial charge is 0.294 e. The van der Waals surface area contributed by atoms with Gasteiger partial charge in [-0.15, -0.1) is 5.10 Å². The van der Waals surface area contributed by atoms with Crippen molar-refractivity contribution >= 4 is 43.7 Å². The highest BCUT2D eigenvalue weighted by molar-refractivity contribution is 7.18. The van der Waals surface area contributed by atoms with E-state index >= 15 is 0 Å². The maximum atomic E-state index is 10.9. The Hall–Kier alpha value is -3.39. The third-order valence-corrected chi connectivity index (χ3v) is 8.55. The number of aliphatic hydroxyl groups is 1. The lowest BCUT2D eigenvalue weighted by Gasteiger charge is -2.26. The molecular formula is C25H27N5O6S2. The number of morpholine rings is 1. The van der Waals surface area contributed by atoms with E-state index in [2.05, 4.69) is 15.0 Å². The van der Waals surface area contributed by atoms with Crippen LogP contribution in [0.5, 0.6) is 16.7 Å². The molecule has 5 aromatic rings. The Morgan fingerprint density at radius 2 is 1.92 bits per heavy atom. The molecular weight excluding hydrogens is 530 g/mol. The van der Waals surface area contributed by atoms with Crippen LogP contribution in [0.2, 0.25) is 0 Å². The molecule has 4 aromatic heterocycles. The zero-order valence-electron chi connectivity index (χ0n) is 21.4. The van der Waals surface area contributed by atoms with Gasteiger partial charge in [0.15, 0.2) is 10.9 Å². The second kappa shape index (κ2) is 9.73. The number of benzene rings is 1. The van der Waals surface area contributed by atoms with Crippen LogP contribution < -0.4 is 19.1 Å². The molecule has 6 rings (SSSR count). The molecule has 1 aliphatic rings. The summed E-state index contributed by atoms with van der Waals surface area (Å²) in [6.07, 6.45) is 1.71. The predicted molar refractivity (Wildman–Crippen MR) is 144 cm³/mol. The van der Waals surface area contributed by atoms with Gasteiger partial charge in [0.1, 0.15) is 29.4 Å². The largest absolute Gasteiger partial charge is 0.496 e. The van der Waals surface area contributed by atoms with Crippen LogP contribution in [-0.2, 0) is 16.9 Å². The second-order valence-corrected chi connectivity index (χ2v) is 11.2. The highest BCUT2D eigenvalue weighted by Crippen LogP contribution is 2.39. The molecule has 0 saturated carbocycles. The van der Waals surface area contributed by atoms with E-state index in [1.807, 2.05) is 18.2 Å². The van der Waals surface area contributed by atoms with Crippen molar-refractivity contribution in [3.63, 3.8) is 0 Å². The van der Waals surface area contributed by atoms with Gasteiger partial charge in [0.25, 0.3) is 5.19 Å². The first-order chi connectivity index (χ1) is 18.3. The minimum absolute atomic E-state index is 0.170. The molecule has 0 aliphatic carbocycles. The fraction of sp³-hybridized carbons (Fsp3) is 0.400. The Labute approximate surface area is 226 Å². The average molecular weight is 558 g/mol. The van der Waals surface area contributed by atoms with E-state index < -0.39 is 5.60 Å². The standard InChI is InChI=1S/C25H27N5O6S2/c1-25(2,31)21-16(27-23(37-21)29-5-7-34-8-6-29)13-35-18-9-14(32-3)10-19-15(18)11-20(36-19)17-12-26-22-30(17)28-24(33-4)38-22/h9-12,31H,5-8,13H2,1-4H3. The minimum Gasteiger partial charge on any atom is -0.496 e. The fourth-order valence-electron chi connectivity index (χ4n) is 4.32. The maximum absolute atomic E-state index is 10.9. The molecule has 0 spiro atoms. The number of hydrogen-bond donors (Lipinski definition) is 1. The van der Waals surface area contributed by atoms with Crippen LogP contribution in [0, 0.1) is 0 Å². The summed E-state index contributed by atoms with van der Waals surface area (Å²) in [6, 6.07) is 5.53. The highest BCUT2D eigenvalue weighted by atomic mass is 32.1. The number of nitrogens with zero attached hydrogens (tertiary/aromatic N) is 5. The third kappa shape index (κ3) is 4.55. The minimum atomic E-state index is -1.06. The lowest BCUT2D eigenvalue weighted by atomic mass is 10.1. The van der Waals surface area contributed by atoms with E-state index in [0.29, 0.717) is 57.6 Å². The third-order valence-electron chi connectivity index (χ3n) is 6.19. The SMILES string of the molecule is COc1cc(OCc2nc(N3CCOCC3)sc2C(C)(C)O)c2cc(-c3cnc4sc(OC)nn34)oc2c1. The van der Waals surface area contributed by atoms with Gasteiger partial charge in [-0.2, -0.15) is 4.52 Å². The fourth-order valence-corrected chi connectivity index (χ4v) is 6.14. The van der Waals surface area contributed by atoms with Gasteiger partial charge in [-0.05, 0) is 31.3 Å². The summed E-state index contributed by atoms with van der Waals surface area (Å²) in [7, 11) is 3.17. The van der Waals surface area contributed by atoms with E-state index in [4.69, 9.17) is 28.3 Å². The number of ether oxygens (including phenoxy) is 4. The molecule has 1 aliphatic heterocycles. The van der Waals surface area contributed by atoms with Gasteiger partial charge >= 0.3 is 0 Å². The number of methoxy groups -OCH3 is 2. The predicted octanol–water partition coefficient (Wildman–Crippen LogP) is 4.32. The van der Waals surface area contributed by atoms with Gasteiger partial charge in [-0.1, -0.05) is 11.3 Å². The molecule has 0 radical (unpaired) electrons. The topological polar surface area (TPSA) is 117 Å². The van der Waals surface area contributed by atoms with Crippen LogP contribution in [0.4, 0.5) is 5.13 Å². The maximum Gasteiger partial charge on any atom is 0.294 e. The van der Waals surface area contributed by atoms with Crippen molar-refractivity contribution in [1.29, 1.82) is 0 Å². The summed E-state index contributed by atoms with van der Waals surface area (Å²) in [5, 5.41) is 17.4. The summed E-state index contributed by atoms with van der Waals surface area (Å²) in [6.45, 7) is 6.54. The van der Waals surface area contributed by atoms with E-state index in [9.17, 15) is 5.11 Å². The normalized spacial score (nSPS) is 14.5. The molecule has 1 N–H and O–H groups in total. The molecule has 5 heterocycles. The Balaban J connectivity index is 1.35. The van der Waals surface area contributed by atoms with Gasteiger partial charge in [0.2, 0.25) is 4.96 Å². The lowest BCUT2D eigenvalue weighted by molar-refractivity contribution is 0.0800. The molecule has 1 fully saturated rings. The molecule has 1 aromatic carbocycles. The van der Waals surface area contributed by atoms with Crippen LogP contribution >= 0.6 is 22.7 Å². The number of rotatable bonds is 8. The van der Waals surface area contributed by atoms with Gasteiger partial charge in [-0.25, -0.2) is 9.97 Å². The van der Waals surface area contributed by atoms with E-state index in [1.165, 1.54) is 22.7 Å². The Morgan fingerprint density at radius 3 is 2.66 bits per heavy atom. The molecule has 1 saturated heterocycles. The quantitative estimate of drug-likeness (QED) is 0.296. The van der Waals surface area contributed by atoms with Crippen LogP contribution in [0.3, 0.4) is 0 Å². The average Bonchev–Trinajstić information content (AvgIpc) is 3.69. The molecule has 0 atom stereocenters. The van der Waals surface area contributed by atoms with Crippen molar-refractivity contribution in [3.8, 4) is 28.1 Å². The molecule has 13 heteroatoms. The summed E-state index contributed by atoms with van der Waals surface area (Å²) >= 11 is 2.83. The zero-order valence-corrected chi connectivity index (χ0v) is 23.0. The van der Waals surface area contributed by atoms with Crippen molar-refractivity contribution < 1.29 is 28.5 Å². The van der Waals surface area contributed by atoms with Crippen LogP contribution in [0.25, 0.3) is 27.4 Å². The van der Waals surface area contributed by atoms with Gasteiger partial charge < -0.3 is 33.4 Å². The summed E-state index contributed by atoms with van der Waals surface area (Å²) in [4.78, 5) is 12.9. The van der Waals surface area contributed by atoms with Gasteiger partial charge in [0.05, 0.1) is 55.2 Å². The molecule has 38 heavy (non-hydrogen) atoms. The summed E-state index contributed by atoms with van der Waals surface area (Å²) in [5.74, 6) is 1.75. The van der Waals surface area contributed by atoms with Crippen molar-refractivity contribution in [2.45, 2.75) is 26.1 Å². The monoisotopic (exact) mass is 557 g/mol. The first-order valence-corrected chi connectivity index (χ1v) is 13.7. The number of imidazole rings is 1. The van der Waals surface area contributed by atoms with Crippen molar-refractivity contribution in [2.24, 2.45) is 0 Å². The summed E-state index contributed by atoms with van der Waals surface area (Å²) < 4.78 is 30.4. The molecule has 200 valence electrons. The number of fused-ring (bicyclic) bond motifs is 2.